The molecular formula is C35H38O7. The Morgan fingerprint density at radius 1 is 0.905 bits per heavy atom. The highest BCUT2D eigenvalue weighted by Gasteiger charge is 2.24. The summed E-state index contributed by atoms with van der Waals surface area (Å²) >= 11 is 0. The maximum Gasteiger partial charge on any atom is 0.205 e. The second-order valence-electron chi connectivity index (χ2n) is 10.9. The zero-order valence-corrected chi connectivity index (χ0v) is 24.6. The average Bonchev–Trinajstić information content (AvgIpc) is 2.95. The van der Waals surface area contributed by atoms with Gasteiger partial charge in [-0.15, -0.1) is 0 Å². The predicted molar refractivity (Wildman–Crippen MR) is 167 cm³/mol. The molecule has 0 bridgehead atoms. The summed E-state index contributed by atoms with van der Waals surface area (Å²) in [6, 6.07) is 16.4. The van der Waals surface area contributed by atoms with Crippen molar-refractivity contribution in [2.75, 3.05) is 19.8 Å². The molecule has 0 radical (unpaired) electrons. The molecule has 0 fully saturated rings. The molecule has 0 saturated carbocycles. The van der Waals surface area contributed by atoms with Crippen molar-refractivity contribution in [2.24, 2.45) is 0 Å². The normalized spacial score (nSPS) is 12.1. The fraction of sp³-hybridized carbons (Fsp3) is 0.286. The molecule has 1 N–H and O–H groups in total. The third-order valence-electron chi connectivity index (χ3n) is 6.63. The summed E-state index contributed by atoms with van der Waals surface area (Å²) < 4.78 is 30.2. The molecule has 1 heterocycles. The second-order valence-corrected chi connectivity index (χ2v) is 10.9. The third-order valence-corrected chi connectivity index (χ3v) is 6.63. The van der Waals surface area contributed by atoms with E-state index >= 15 is 0 Å². The second kappa shape index (κ2) is 13.0. The van der Waals surface area contributed by atoms with E-state index in [0.29, 0.717) is 24.7 Å². The van der Waals surface area contributed by atoms with Crippen molar-refractivity contribution >= 4 is 21.9 Å². The van der Waals surface area contributed by atoms with Crippen LogP contribution in [0.15, 0.2) is 101 Å². The van der Waals surface area contributed by atoms with Crippen LogP contribution in [0.2, 0.25) is 0 Å². The topological polar surface area (TPSA) is 87.4 Å². The zero-order valence-electron chi connectivity index (χ0n) is 24.6. The van der Waals surface area contributed by atoms with E-state index in [1.165, 1.54) is 11.6 Å². The first-order valence-electron chi connectivity index (χ1n) is 13.8. The maximum absolute atomic E-state index is 13.5. The van der Waals surface area contributed by atoms with Gasteiger partial charge in [0.15, 0.2) is 11.3 Å². The molecule has 0 amide bonds. The van der Waals surface area contributed by atoms with Crippen molar-refractivity contribution in [3.8, 4) is 23.0 Å². The van der Waals surface area contributed by atoms with Gasteiger partial charge in [0.25, 0.3) is 0 Å². The lowest BCUT2D eigenvalue weighted by Gasteiger charge is -2.24. The molecule has 0 aliphatic heterocycles. The molecule has 4 aromatic rings. The van der Waals surface area contributed by atoms with E-state index in [9.17, 15) is 9.90 Å². The first-order chi connectivity index (χ1) is 20.0. The van der Waals surface area contributed by atoms with Gasteiger partial charge < -0.3 is 28.5 Å². The van der Waals surface area contributed by atoms with Crippen LogP contribution in [0.5, 0.6) is 23.0 Å². The summed E-state index contributed by atoms with van der Waals surface area (Å²) in [5, 5.41) is 11.0. The summed E-state index contributed by atoms with van der Waals surface area (Å²) in [6.45, 7) is 16.2. The van der Waals surface area contributed by atoms with Crippen LogP contribution in [0.3, 0.4) is 0 Å². The molecule has 0 unspecified atom stereocenters. The first-order valence-corrected chi connectivity index (χ1v) is 13.8. The van der Waals surface area contributed by atoms with Crippen LogP contribution in [-0.4, -0.2) is 36.1 Å². The number of phenolic OH excluding ortho intramolecular Hbond substituents is 1. The Hall–Kier alpha value is -4.49. The number of phenols is 1. The standard InChI is InChI=1S/C35H38O7/c1-7-34(3,4)41-25-22-27(36)30-29(23-25)40-32-26(31(30)37)16-17-28(42-35(5,6)8-2)33(32)39-20-13-12-19-38-21-18-24-14-10-9-11-15-24/h7-17,22-23,36H,1-2,18-21H2,3-6H3/b13-12+. The van der Waals surface area contributed by atoms with Gasteiger partial charge in [-0.3, -0.25) is 4.79 Å². The van der Waals surface area contributed by atoms with Gasteiger partial charge in [0.2, 0.25) is 11.2 Å². The van der Waals surface area contributed by atoms with Crippen LogP contribution in [0.4, 0.5) is 0 Å². The zero-order chi connectivity index (χ0) is 30.3. The van der Waals surface area contributed by atoms with E-state index < -0.39 is 16.6 Å². The van der Waals surface area contributed by atoms with Gasteiger partial charge in [0, 0.05) is 12.1 Å². The average molecular weight is 571 g/mol. The van der Waals surface area contributed by atoms with Gasteiger partial charge in [0.1, 0.15) is 40.3 Å². The Balaban J connectivity index is 1.63. The highest BCUT2D eigenvalue weighted by atomic mass is 16.5. The molecule has 1 aromatic heterocycles. The van der Waals surface area contributed by atoms with Gasteiger partial charge in [0.05, 0.1) is 18.6 Å². The Labute approximate surface area is 246 Å². The number of benzene rings is 3. The summed E-state index contributed by atoms with van der Waals surface area (Å²) in [7, 11) is 0. The first kappa shape index (κ1) is 30.5. The highest BCUT2D eigenvalue weighted by Crippen LogP contribution is 2.40. The van der Waals surface area contributed by atoms with Crippen LogP contribution in [-0.2, 0) is 11.2 Å². The number of hydrogen-bond acceptors (Lipinski definition) is 7. The highest BCUT2D eigenvalue weighted by molar-refractivity contribution is 5.96. The lowest BCUT2D eigenvalue weighted by atomic mass is 10.1. The molecule has 220 valence electrons. The molecule has 0 spiro atoms. The Kier molecular flexibility index (Phi) is 9.43. The summed E-state index contributed by atoms with van der Waals surface area (Å²) in [5.41, 5.74) is -0.269. The fourth-order valence-corrected chi connectivity index (χ4v) is 4.15. The molecule has 0 saturated heterocycles. The quantitative estimate of drug-likeness (QED) is 0.0952. The van der Waals surface area contributed by atoms with Gasteiger partial charge >= 0.3 is 0 Å². The van der Waals surface area contributed by atoms with Gasteiger partial charge in [-0.2, -0.15) is 0 Å². The van der Waals surface area contributed by atoms with E-state index in [0.717, 1.165) is 6.42 Å². The minimum absolute atomic E-state index is 0.0462. The molecule has 7 heteroatoms. The SMILES string of the molecule is C=CC(C)(C)Oc1cc(O)c2c(=O)c3ccc(OC(C)(C)C=C)c(OC/C=C/COCCc4ccccc4)c3oc2c1. The minimum atomic E-state index is -0.721. The van der Waals surface area contributed by atoms with Crippen molar-refractivity contribution in [3.05, 3.63) is 108 Å². The monoisotopic (exact) mass is 570 g/mol. The minimum Gasteiger partial charge on any atom is -0.507 e. The fourth-order valence-electron chi connectivity index (χ4n) is 4.15. The van der Waals surface area contributed by atoms with Gasteiger partial charge in [-0.1, -0.05) is 49.6 Å². The van der Waals surface area contributed by atoms with Gasteiger partial charge in [-0.05, 0) is 70.0 Å². The molecule has 0 atom stereocenters. The van der Waals surface area contributed by atoms with Crippen LogP contribution in [0.1, 0.15) is 33.3 Å². The Morgan fingerprint density at radius 3 is 2.31 bits per heavy atom. The van der Waals surface area contributed by atoms with Gasteiger partial charge in [-0.25, -0.2) is 0 Å². The Bertz CT molecular complexity index is 1650. The number of ether oxygens (including phenoxy) is 4. The Morgan fingerprint density at radius 2 is 1.60 bits per heavy atom. The lowest BCUT2D eigenvalue weighted by Crippen LogP contribution is -2.25. The van der Waals surface area contributed by atoms with E-state index in [2.05, 4.69) is 25.3 Å². The van der Waals surface area contributed by atoms with E-state index in [-0.39, 0.29) is 40.0 Å². The maximum atomic E-state index is 13.5. The number of rotatable bonds is 14. The van der Waals surface area contributed by atoms with Crippen LogP contribution >= 0.6 is 0 Å². The van der Waals surface area contributed by atoms with E-state index in [4.69, 9.17) is 23.4 Å². The van der Waals surface area contributed by atoms with Crippen molar-refractivity contribution in [1.82, 2.24) is 0 Å². The number of fused-ring (bicyclic) bond motifs is 2. The van der Waals surface area contributed by atoms with Crippen molar-refractivity contribution in [2.45, 2.75) is 45.3 Å². The smallest absolute Gasteiger partial charge is 0.205 e. The summed E-state index contributed by atoms with van der Waals surface area (Å²) in [6.07, 6.45) is 7.86. The van der Waals surface area contributed by atoms with Crippen molar-refractivity contribution in [1.29, 1.82) is 0 Å². The van der Waals surface area contributed by atoms with E-state index in [1.807, 2.05) is 58.0 Å². The van der Waals surface area contributed by atoms with E-state index in [1.54, 1.807) is 30.4 Å². The molecule has 4 rings (SSSR count). The third kappa shape index (κ3) is 7.42. The lowest BCUT2D eigenvalue weighted by molar-refractivity contribution is 0.154. The van der Waals surface area contributed by atoms with Crippen molar-refractivity contribution in [3.63, 3.8) is 0 Å². The summed E-state index contributed by atoms with van der Waals surface area (Å²) in [5.74, 6) is 0.717. The molecule has 3 aromatic carbocycles. The molecule has 0 aliphatic rings. The van der Waals surface area contributed by atoms with Crippen LogP contribution < -0.4 is 19.6 Å². The van der Waals surface area contributed by atoms with Crippen LogP contribution in [0, 0.1) is 0 Å². The number of hydrogen-bond donors (Lipinski definition) is 1. The predicted octanol–water partition coefficient (Wildman–Crippen LogP) is 7.53. The summed E-state index contributed by atoms with van der Waals surface area (Å²) in [4.78, 5) is 13.5. The largest absolute Gasteiger partial charge is 0.507 e. The molecule has 42 heavy (non-hydrogen) atoms. The molecule has 0 aliphatic carbocycles. The molecular weight excluding hydrogens is 532 g/mol. The number of aromatic hydroxyl groups is 1. The molecule has 7 nitrogen and oxygen atoms in total. The van der Waals surface area contributed by atoms with Crippen LogP contribution in [0.25, 0.3) is 21.9 Å². The van der Waals surface area contributed by atoms with Crippen molar-refractivity contribution < 1.29 is 28.5 Å².